The Morgan fingerprint density at radius 2 is 1.83 bits per heavy atom. The average Bonchev–Trinajstić information content (AvgIpc) is 3.18. The first-order chi connectivity index (χ1) is 14.2. The van der Waals surface area contributed by atoms with Crippen LogP contribution < -0.4 is 4.90 Å². The van der Waals surface area contributed by atoms with Gasteiger partial charge in [-0.05, 0) is 17.7 Å². The second-order valence-corrected chi connectivity index (χ2v) is 7.56. The summed E-state index contributed by atoms with van der Waals surface area (Å²) in [5.74, 6) is 1.56. The number of anilines is 1. The summed E-state index contributed by atoms with van der Waals surface area (Å²) in [6.07, 6.45) is 5.61. The third-order valence-electron chi connectivity index (χ3n) is 5.23. The topological polar surface area (TPSA) is 59.3 Å². The van der Waals surface area contributed by atoms with Gasteiger partial charge >= 0.3 is 0 Å². The van der Waals surface area contributed by atoms with Crippen molar-refractivity contribution in [1.82, 2.24) is 24.4 Å². The molecule has 0 saturated carbocycles. The number of ether oxygens (including phenoxy) is 1. The zero-order valence-corrected chi connectivity index (χ0v) is 17.5. The summed E-state index contributed by atoms with van der Waals surface area (Å²) in [4.78, 5) is 18.8. The van der Waals surface area contributed by atoms with Crippen LogP contribution in [0.3, 0.4) is 0 Å². The number of piperazine rings is 1. The third kappa shape index (κ3) is 4.42. The van der Waals surface area contributed by atoms with Crippen molar-refractivity contribution < 1.29 is 4.74 Å². The summed E-state index contributed by atoms with van der Waals surface area (Å²) < 4.78 is 7.17. The van der Waals surface area contributed by atoms with E-state index in [1.54, 1.807) is 13.3 Å². The molecule has 1 aromatic carbocycles. The molecule has 7 nitrogen and oxygen atoms in total. The van der Waals surface area contributed by atoms with Gasteiger partial charge in [0.25, 0.3) is 0 Å². The van der Waals surface area contributed by atoms with Crippen molar-refractivity contribution in [3.63, 3.8) is 0 Å². The summed E-state index contributed by atoms with van der Waals surface area (Å²) in [5, 5.41) is 0.705. The van der Waals surface area contributed by atoms with E-state index in [1.807, 2.05) is 48.3 Å². The van der Waals surface area contributed by atoms with Crippen LogP contribution in [0, 0.1) is 0 Å². The van der Waals surface area contributed by atoms with Gasteiger partial charge < -0.3 is 14.2 Å². The Labute approximate surface area is 175 Å². The molecule has 1 aliphatic heterocycles. The van der Waals surface area contributed by atoms with Gasteiger partial charge in [0.1, 0.15) is 5.69 Å². The molecule has 0 atom stereocenters. The number of aryl methyl sites for hydroxylation is 1. The Hall–Kier alpha value is -2.48. The second kappa shape index (κ2) is 8.90. The van der Waals surface area contributed by atoms with E-state index >= 15 is 0 Å². The largest absolute Gasteiger partial charge is 0.383 e. The van der Waals surface area contributed by atoms with Gasteiger partial charge in [-0.15, -0.1) is 0 Å². The van der Waals surface area contributed by atoms with Crippen molar-refractivity contribution >= 4 is 17.5 Å². The molecule has 8 heteroatoms. The highest BCUT2D eigenvalue weighted by molar-refractivity contribution is 6.30. The van der Waals surface area contributed by atoms with Crippen LogP contribution in [0.1, 0.15) is 0 Å². The highest BCUT2D eigenvalue weighted by Crippen LogP contribution is 2.31. The van der Waals surface area contributed by atoms with E-state index in [9.17, 15) is 0 Å². The fraction of sp³-hybridized carbons (Fsp3) is 0.381. The van der Waals surface area contributed by atoms with Crippen molar-refractivity contribution in [3.8, 4) is 22.6 Å². The highest BCUT2D eigenvalue weighted by atomic mass is 35.5. The van der Waals surface area contributed by atoms with Crippen LogP contribution in [0.4, 0.5) is 5.95 Å². The maximum atomic E-state index is 6.07. The summed E-state index contributed by atoms with van der Waals surface area (Å²) in [6.45, 7) is 5.45. The third-order valence-corrected chi connectivity index (χ3v) is 5.48. The van der Waals surface area contributed by atoms with Crippen molar-refractivity contribution in [3.05, 3.63) is 47.9 Å². The molecule has 0 amide bonds. The minimum absolute atomic E-state index is 0.705. The molecule has 2 aromatic heterocycles. The zero-order valence-electron chi connectivity index (χ0n) is 16.8. The van der Waals surface area contributed by atoms with Gasteiger partial charge in [0.15, 0.2) is 5.82 Å². The minimum atomic E-state index is 0.705. The van der Waals surface area contributed by atoms with E-state index in [-0.39, 0.29) is 0 Å². The first-order valence-electron chi connectivity index (χ1n) is 9.72. The molecule has 0 N–H and O–H groups in total. The number of hydrogen-bond donors (Lipinski definition) is 0. The second-order valence-electron chi connectivity index (χ2n) is 7.12. The standard InChI is InChI=1S/C21H25ClN6O/c1-26-8-7-23-20(26)19-18(16-3-5-17(22)6-4-16)15-24-21(25-19)28-11-9-27(10-12-28)13-14-29-2/h3-8,15H,9-14H2,1-2H3. The smallest absolute Gasteiger partial charge is 0.226 e. The number of benzene rings is 1. The molecule has 4 rings (SSSR count). The number of methoxy groups -OCH3 is 1. The number of nitrogens with zero attached hydrogens (tertiary/aromatic N) is 6. The minimum Gasteiger partial charge on any atom is -0.383 e. The van der Waals surface area contributed by atoms with Gasteiger partial charge in [0.2, 0.25) is 5.95 Å². The Bertz CT molecular complexity index is 950. The predicted octanol–water partition coefficient (Wildman–Crippen LogP) is 2.97. The van der Waals surface area contributed by atoms with Crippen LogP contribution in [0.15, 0.2) is 42.9 Å². The van der Waals surface area contributed by atoms with E-state index in [2.05, 4.69) is 14.8 Å². The van der Waals surface area contributed by atoms with Crippen LogP contribution >= 0.6 is 11.6 Å². The van der Waals surface area contributed by atoms with Crippen LogP contribution in [-0.4, -0.2) is 70.9 Å². The lowest BCUT2D eigenvalue weighted by molar-refractivity contribution is 0.143. The maximum absolute atomic E-state index is 6.07. The molecular formula is C21H25ClN6O. The van der Waals surface area contributed by atoms with Gasteiger partial charge in [-0.2, -0.15) is 0 Å². The quantitative estimate of drug-likeness (QED) is 0.620. The van der Waals surface area contributed by atoms with Crippen LogP contribution in [0.5, 0.6) is 0 Å². The predicted molar refractivity (Wildman–Crippen MR) is 115 cm³/mol. The Morgan fingerprint density at radius 3 is 2.48 bits per heavy atom. The molecule has 0 aliphatic carbocycles. The summed E-state index contributed by atoms with van der Waals surface area (Å²) >= 11 is 6.07. The molecule has 0 spiro atoms. The fourth-order valence-electron chi connectivity index (χ4n) is 3.52. The lowest BCUT2D eigenvalue weighted by Crippen LogP contribution is -2.47. The van der Waals surface area contributed by atoms with E-state index in [4.69, 9.17) is 26.3 Å². The maximum Gasteiger partial charge on any atom is 0.226 e. The van der Waals surface area contributed by atoms with Gasteiger partial charge in [-0.1, -0.05) is 23.7 Å². The number of imidazole rings is 1. The number of aromatic nitrogens is 4. The molecule has 1 fully saturated rings. The van der Waals surface area contributed by atoms with E-state index < -0.39 is 0 Å². The van der Waals surface area contributed by atoms with Crippen molar-refractivity contribution in [2.75, 3.05) is 51.3 Å². The molecule has 3 heterocycles. The highest BCUT2D eigenvalue weighted by Gasteiger charge is 2.21. The lowest BCUT2D eigenvalue weighted by atomic mass is 10.1. The molecule has 152 valence electrons. The molecule has 29 heavy (non-hydrogen) atoms. The van der Waals surface area contributed by atoms with Gasteiger partial charge in [0, 0.05) is 76.1 Å². The van der Waals surface area contributed by atoms with E-state index in [1.165, 1.54) is 0 Å². The zero-order chi connectivity index (χ0) is 20.2. The molecule has 1 aliphatic rings. The Balaban J connectivity index is 1.64. The van der Waals surface area contributed by atoms with Gasteiger partial charge in [-0.3, -0.25) is 4.90 Å². The molecule has 3 aromatic rings. The van der Waals surface area contributed by atoms with Crippen molar-refractivity contribution in [2.24, 2.45) is 7.05 Å². The number of halogens is 1. The van der Waals surface area contributed by atoms with Gasteiger partial charge in [0.05, 0.1) is 6.61 Å². The van der Waals surface area contributed by atoms with Crippen molar-refractivity contribution in [1.29, 1.82) is 0 Å². The first kappa shape index (κ1) is 19.8. The normalized spacial score (nSPS) is 15.1. The monoisotopic (exact) mass is 412 g/mol. The Kier molecular flexibility index (Phi) is 6.08. The number of rotatable bonds is 6. The molecule has 0 radical (unpaired) electrons. The molecule has 0 bridgehead atoms. The van der Waals surface area contributed by atoms with Crippen molar-refractivity contribution in [2.45, 2.75) is 0 Å². The summed E-state index contributed by atoms with van der Waals surface area (Å²) in [5.41, 5.74) is 2.79. The fourth-order valence-corrected chi connectivity index (χ4v) is 3.65. The SMILES string of the molecule is COCCN1CCN(c2ncc(-c3ccc(Cl)cc3)c(-c3nccn3C)n2)CC1. The van der Waals surface area contributed by atoms with Crippen LogP contribution in [0.25, 0.3) is 22.6 Å². The van der Waals surface area contributed by atoms with Gasteiger partial charge in [-0.25, -0.2) is 15.0 Å². The average molecular weight is 413 g/mol. The van der Waals surface area contributed by atoms with Crippen LogP contribution in [0.2, 0.25) is 5.02 Å². The molecular weight excluding hydrogens is 388 g/mol. The van der Waals surface area contributed by atoms with Crippen LogP contribution in [-0.2, 0) is 11.8 Å². The van der Waals surface area contributed by atoms with E-state index in [0.29, 0.717) is 5.02 Å². The summed E-state index contributed by atoms with van der Waals surface area (Å²) in [7, 11) is 3.72. The molecule has 0 unspecified atom stereocenters. The first-order valence-corrected chi connectivity index (χ1v) is 10.1. The summed E-state index contributed by atoms with van der Waals surface area (Å²) in [6, 6.07) is 7.74. The molecule has 1 saturated heterocycles. The lowest BCUT2D eigenvalue weighted by Gasteiger charge is -2.34. The Morgan fingerprint density at radius 1 is 1.07 bits per heavy atom. The number of hydrogen-bond acceptors (Lipinski definition) is 6. The van der Waals surface area contributed by atoms with E-state index in [0.717, 1.165) is 67.9 Å².